The van der Waals surface area contributed by atoms with Crippen molar-refractivity contribution in [3.05, 3.63) is 41.7 Å². The van der Waals surface area contributed by atoms with Gasteiger partial charge in [0, 0.05) is 18.4 Å². The molecule has 0 amide bonds. The van der Waals surface area contributed by atoms with Gasteiger partial charge in [-0.05, 0) is 43.9 Å². The Kier molecular flexibility index (Phi) is 13.3. The first-order valence-electron chi connectivity index (χ1n) is 10.6. The number of ether oxygens (including phenoxy) is 2. The third kappa shape index (κ3) is 12.0. The summed E-state index contributed by atoms with van der Waals surface area (Å²) in [5.41, 5.74) is 7.12. The van der Waals surface area contributed by atoms with Crippen LogP contribution in [0.5, 0.6) is 5.75 Å². The number of rotatable bonds is 15. The first-order valence-corrected chi connectivity index (χ1v) is 13.2. The highest BCUT2D eigenvalue weighted by Gasteiger charge is 2.22. The molecule has 7 nitrogen and oxygen atoms in total. The molecule has 1 aromatic rings. The van der Waals surface area contributed by atoms with E-state index in [0.29, 0.717) is 12.4 Å². The fourth-order valence-corrected chi connectivity index (χ4v) is 4.55. The minimum atomic E-state index is -3.23. The van der Waals surface area contributed by atoms with Crippen molar-refractivity contribution >= 4 is 30.6 Å². The van der Waals surface area contributed by atoms with Crippen LogP contribution >= 0.6 is 6.64 Å². The maximum atomic E-state index is 11.5. The van der Waals surface area contributed by atoms with Crippen molar-refractivity contribution in [2.24, 2.45) is 10.5 Å². The molecule has 0 aromatic heterocycles. The molecule has 0 aliphatic heterocycles. The van der Waals surface area contributed by atoms with E-state index in [1.807, 2.05) is 31.2 Å². The lowest BCUT2D eigenvalue weighted by molar-refractivity contribution is -0.135. The van der Waals surface area contributed by atoms with Crippen LogP contribution in [0.4, 0.5) is 0 Å². The van der Waals surface area contributed by atoms with Crippen LogP contribution in [0, 0.1) is 0 Å². The number of carbonyl (C=O) groups is 1. The quantitative estimate of drug-likeness (QED) is 0.0708. The van der Waals surface area contributed by atoms with Crippen molar-refractivity contribution in [1.29, 1.82) is 0 Å². The monoisotopic (exact) mass is 470 g/mol. The van der Waals surface area contributed by atoms with Crippen molar-refractivity contribution in [3.63, 3.8) is 0 Å². The van der Waals surface area contributed by atoms with Gasteiger partial charge in [-0.2, -0.15) is 4.76 Å². The molecule has 0 spiro atoms. The molecule has 0 radical (unpaired) electrons. The Bertz CT molecular complexity index is 768. The van der Waals surface area contributed by atoms with Crippen molar-refractivity contribution in [2.75, 3.05) is 13.7 Å². The largest absolute Gasteiger partial charge is 0.466 e. The molecular formula is C22H35N2O5PS. The van der Waals surface area contributed by atoms with Gasteiger partial charge in [0.1, 0.15) is 17.7 Å². The highest BCUT2D eigenvalue weighted by Crippen LogP contribution is 2.52. The first kappa shape index (κ1) is 27.3. The van der Waals surface area contributed by atoms with Crippen LogP contribution in [-0.4, -0.2) is 32.1 Å². The normalized spacial score (nSPS) is 14.8. The molecule has 0 bridgehead atoms. The Morgan fingerprint density at radius 3 is 2.52 bits per heavy atom. The molecular weight excluding hydrogens is 435 g/mol. The molecule has 2 unspecified atom stereocenters. The van der Waals surface area contributed by atoms with Gasteiger partial charge < -0.3 is 24.3 Å². The highest BCUT2D eigenvalue weighted by molar-refractivity contribution is 8.09. The maximum absolute atomic E-state index is 11.5. The SMILES string of the molecule is CCCCCCc1ccc(OP(=S)(N=CC(N)OCCC)OC(C)=CC(=O)OC)cc1. The summed E-state index contributed by atoms with van der Waals surface area (Å²) in [7, 11) is 1.28. The van der Waals surface area contributed by atoms with E-state index in [-0.39, 0.29) is 5.76 Å². The second-order valence-corrected chi connectivity index (χ2v) is 9.90. The Morgan fingerprint density at radius 1 is 1.19 bits per heavy atom. The second kappa shape index (κ2) is 15.1. The summed E-state index contributed by atoms with van der Waals surface area (Å²) in [6.07, 6.45) is 8.54. The van der Waals surface area contributed by atoms with E-state index in [1.54, 1.807) is 6.92 Å². The standard InChI is InChI=1S/C22H35N2O5PS/c1-5-7-8-9-10-19-11-13-20(14-12-19)29-30(31,24-17-21(23)27-15-6-2)28-18(3)16-22(25)26-4/h11-14,16-17,21H,5-10,15,23H2,1-4H3. The number of unbranched alkanes of at least 4 members (excludes halogenated alkanes) is 3. The number of nitrogens with zero attached hydrogens (tertiary/aromatic N) is 1. The second-order valence-electron chi connectivity index (χ2n) is 6.98. The number of allylic oxidation sites excluding steroid dienone is 1. The summed E-state index contributed by atoms with van der Waals surface area (Å²) >= 11 is 5.58. The van der Waals surface area contributed by atoms with E-state index in [1.165, 1.54) is 44.2 Å². The summed E-state index contributed by atoms with van der Waals surface area (Å²) in [5, 5.41) is 0. The van der Waals surface area contributed by atoms with Gasteiger partial charge in [0.25, 0.3) is 0 Å². The predicted molar refractivity (Wildman–Crippen MR) is 129 cm³/mol. The van der Waals surface area contributed by atoms with E-state index < -0.39 is 18.8 Å². The van der Waals surface area contributed by atoms with E-state index >= 15 is 0 Å². The third-order valence-electron chi connectivity index (χ3n) is 4.11. The van der Waals surface area contributed by atoms with E-state index in [2.05, 4.69) is 16.4 Å². The predicted octanol–water partition coefficient (Wildman–Crippen LogP) is 5.29. The fraction of sp³-hybridized carbons (Fsp3) is 0.545. The number of carbonyl (C=O) groups excluding carboxylic acids is 1. The zero-order valence-corrected chi connectivity index (χ0v) is 20.6. The van der Waals surface area contributed by atoms with Crippen LogP contribution in [0.2, 0.25) is 0 Å². The van der Waals surface area contributed by atoms with Gasteiger partial charge in [0.05, 0.1) is 19.4 Å². The van der Waals surface area contributed by atoms with E-state index in [0.717, 1.165) is 19.3 Å². The number of benzene rings is 1. The van der Waals surface area contributed by atoms with Crippen LogP contribution in [-0.2, 0) is 37.0 Å². The van der Waals surface area contributed by atoms with Crippen molar-refractivity contribution in [3.8, 4) is 5.75 Å². The number of esters is 1. The van der Waals surface area contributed by atoms with Crippen LogP contribution in [0.25, 0.3) is 0 Å². The number of hydrogen-bond donors (Lipinski definition) is 1. The van der Waals surface area contributed by atoms with E-state index in [4.69, 9.17) is 31.3 Å². The zero-order valence-electron chi connectivity index (χ0n) is 18.9. The van der Waals surface area contributed by atoms with Gasteiger partial charge in [-0.3, -0.25) is 0 Å². The fourth-order valence-electron chi connectivity index (χ4n) is 2.55. The van der Waals surface area contributed by atoms with Crippen molar-refractivity contribution in [1.82, 2.24) is 0 Å². The summed E-state index contributed by atoms with van der Waals surface area (Å²) in [6.45, 7) is 3.04. The van der Waals surface area contributed by atoms with Gasteiger partial charge in [-0.25, -0.2) is 4.79 Å². The Balaban J connectivity index is 2.92. The minimum absolute atomic E-state index is 0.239. The van der Waals surface area contributed by atoms with Crippen LogP contribution in [0.1, 0.15) is 58.4 Å². The van der Waals surface area contributed by atoms with Crippen LogP contribution < -0.4 is 10.3 Å². The molecule has 1 aromatic carbocycles. The Labute approximate surface area is 191 Å². The maximum Gasteiger partial charge on any atom is 0.413 e. The van der Waals surface area contributed by atoms with Gasteiger partial charge in [-0.15, -0.1) is 0 Å². The lowest BCUT2D eigenvalue weighted by atomic mass is 10.1. The average molecular weight is 471 g/mol. The molecule has 31 heavy (non-hydrogen) atoms. The summed E-state index contributed by atoms with van der Waals surface area (Å²) < 4.78 is 26.0. The summed E-state index contributed by atoms with van der Waals surface area (Å²) in [6, 6.07) is 7.72. The average Bonchev–Trinajstić information content (AvgIpc) is 2.74. The van der Waals surface area contributed by atoms with Crippen LogP contribution in [0.15, 0.2) is 40.9 Å². The number of methoxy groups -OCH3 is 1. The van der Waals surface area contributed by atoms with Crippen LogP contribution in [0.3, 0.4) is 0 Å². The van der Waals surface area contributed by atoms with Gasteiger partial charge in [-0.1, -0.05) is 45.2 Å². The molecule has 174 valence electrons. The smallest absolute Gasteiger partial charge is 0.413 e. The minimum Gasteiger partial charge on any atom is -0.466 e. The van der Waals surface area contributed by atoms with Gasteiger partial charge >= 0.3 is 12.6 Å². The number of nitrogens with two attached hydrogens (primary N) is 1. The number of aryl methyl sites for hydroxylation is 1. The van der Waals surface area contributed by atoms with E-state index in [9.17, 15) is 4.79 Å². The van der Waals surface area contributed by atoms with Gasteiger partial charge in [0.15, 0.2) is 0 Å². The highest BCUT2D eigenvalue weighted by atomic mass is 32.5. The topological polar surface area (TPSA) is 92.4 Å². The molecule has 1 rings (SSSR count). The molecule has 2 atom stereocenters. The van der Waals surface area contributed by atoms with Gasteiger partial charge in [0.2, 0.25) is 0 Å². The molecule has 0 heterocycles. The first-order chi connectivity index (χ1) is 14.8. The molecule has 0 saturated carbocycles. The lowest BCUT2D eigenvalue weighted by Gasteiger charge is -2.20. The molecule has 0 saturated heterocycles. The Morgan fingerprint density at radius 2 is 1.90 bits per heavy atom. The third-order valence-corrected chi connectivity index (χ3v) is 6.22. The molecule has 0 aliphatic carbocycles. The van der Waals surface area contributed by atoms with Crippen molar-refractivity contribution in [2.45, 2.75) is 65.5 Å². The number of hydrogen-bond acceptors (Lipinski definition) is 7. The summed E-state index contributed by atoms with van der Waals surface area (Å²) in [5.74, 6) is 0.216. The molecule has 2 N–H and O–H groups in total. The molecule has 0 aliphatic rings. The Hall–Kier alpha value is -1.73. The molecule has 9 heteroatoms. The zero-order chi connectivity index (χ0) is 23.1. The van der Waals surface area contributed by atoms with Crippen molar-refractivity contribution < 1.29 is 23.3 Å². The lowest BCUT2D eigenvalue weighted by Crippen LogP contribution is -2.25. The molecule has 0 fully saturated rings. The summed E-state index contributed by atoms with van der Waals surface area (Å²) in [4.78, 5) is 11.5.